The van der Waals surface area contributed by atoms with Crippen LogP contribution in [0, 0.1) is 5.41 Å². The minimum absolute atomic E-state index is 0.537. The van der Waals surface area contributed by atoms with Gasteiger partial charge in [-0.1, -0.05) is 61.3 Å². The first-order valence-electron chi connectivity index (χ1n) is 6.32. The van der Waals surface area contributed by atoms with Crippen molar-refractivity contribution >= 4 is 0 Å². The Morgan fingerprint density at radius 3 is 1.64 bits per heavy atom. The van der Waals surface area contributed by atoms with Gasteiger partial charge in [0.05, 0.1) is 0 Å². The van der Waals surface area contributed by atoms with Crippen molar-refractivity contribution in [2.24, 2.45) is 11.1 Å². The van der Waals surface area contributed by atoms with Gasteiger partial charge in [-0.3, -0.25) is 0 Å². The Hall–Kier alpha value is -0.0400. The third-order valence-corrected chi connectivity index (χ3v) is 2.26. The lowest BCUT2D eigenvalue weighted by atomic mass is 9.85. The van der Waals surface area contributed by atoms with Gasteiger partial charge in [0.2, 0.25) is 0 Å². The maximum absolute atomic E-state index is 5.40. The molecule has 0 spiro atoms. The van der Waals surface area contributed by atoms with Gasteiger partial charge >= 0.3 is 0 Å². The molecule has 14 heavy (non-hydrogen) atoms. The van der Waals surface area contributed by atoms with Crippen molar-refractivity contribution in [2.75, 3.05) is 6.54 Å². The Morgan fingerprint density at radius 2 is 1.36 bits per heavy atom. The summed E-state index contributed by atoms with van der Waals surface area (Å²) in [5.74, 6) is 0. The zero-order chi connectivity index (χ0) is 12.0. The van der Waals surface area contributed by atoms with Crippen LogP contribution in [0.3, 0.4) is 0 Å². The van der Waals surface area contributed by atoms with Gasteiger partial charge in [-0.2, -0.15) is 0 Å². The molecule has 0 fully saturated rings. The maximum atomic E-state index is 5.40. The molecule has 1 nitrogen and oxygen atoms in total. The van der Waals surface area contributed by atoms with Crippen molar-refractivity contribution in [3.63, 3.8) is 0 Å². The Kier molecular flexibility index (Phi) is 21.5. The Bertz CT molecular complexity index is 77.3. The fourth-order valence-electron chi connectivity index (χ4n) is 0.925. The van der Waals surface area contributed by atoms with Gasteiger partial charge in [-0.05, 0) is 24.8 Å². The summed E-state index contributed by atoms with van der Waals surface area (Å²) in [6.45, 7) is 15.7. The van der Waals surface area contributed by atoms with Crippen LogP contribution in [0.5, 0.6) is 0 Å². The van der Waals surface area contributed by atoms with Gasteiger partial charge in [0, 0.05) is 0 Å². The second kappa shape index (κ2) is 15.4. The number of rotatable bonds is 5. The molecule has 0 unspecified atom stereocenters. The molecule has 0 rings (SSSR count). The van der Waals surface area contributed by atoms with E-state index < -0.39 is 0 Å². The molecule has 0 aliphatic carbocycles. The molecule has 0 bridgehead atoms. The van der Waals surface area contributed by atoms with E-state index in [4.69, 9.17) is 5.73 Å². The molecule has 0 atom stereocenters. The van der Waals surface area contributed by atoms with Crippen molar-refractivity contribution in [1.29, 1.82) is 0 Å². The van der Waals surface area contributed by atoms with Crippen molar-refractivity contribution < 1.29 is 0 Å². The van der Waals surface area contributed by atoms with Crippen LogP contribution in [0.2, 0.25) is 0 Å². The highest BCUT2D eigenvalue weighted by Gasteiger charge is 2.13. The van der Waals surface area contributed by atoms with E-state index in [1.165, 1.54) is 25.7 Å². The Balaban J connectivity index is -0.000000266. The monoisotopic (exact) mass is 203 g/mol. The Labute approximate surface area is 92.5 Å². The molecule has 90 valence electrons. The highest BCUT2D eigenvalue weighted by Crippen LogP contribution is 2.26. The minimum atomic E-state index is 0.537. The van der Waals surface area contributed by atoms with Gasteiger partial charge in [0.15, 0.2) is 0 Å². The first-order valence-corrected chi connectivity index (χ1v) is 6.32. The minimum Gasteiger partial charge on any atom is -0.330 e. The van der Waals surface area contributed by atoms with Gasteiger partial charge in [0.25, 0.3) is 0 Å². The second-order valence-electron chi connectivity index (χ2n) is 3.76. The zero-order valence-corrected chi connectivity index (χ0v) is 11.6. The van der Waals surface area contributed by atoms with Crippen molar-refractivity contribution in [1.82, 2.24) is 0 Å². The summed E-state index contributed by atoms with van der Waals surface area (Å²) < 4.78 is 0. The fourth-order valence-corrected chi connectivity index (χ4v) is 0.925. The molecular formula is C13H33N. The summed E-state index contributed by atoms with van der Waals surface area (Å²) in [6, 6.07) is 0. The molecule has 0 aliphatic heterocycles. The number of unbranched alkanes of at least 4 members (excludes halogenated alkanes) is 1. The molecule has 2 N–H and O–H groups in total. The summed E-state index contributed by atoms with van der Waals surface area (Å²) in [5.41, 5.74) is 5.94. The molecule has 1 heteroatoms. The Morgan fingerprint density at radius 1 is 0.929 bits per heavy atom. The average molecular weight is 203 g/mol. The predicted molar refractivity (Wildman–Crippen MR) is 69.7 cm³/mol. The highest BCUT2D eigenvalue weighted by molar-refractivity contribution is 4.65. The van der Waals surface area contributed by atoms with Crippen LogP contribution in [0.1, 0.15) is 74.1 Å². The standard InChI is InChI=1S/C9H21N.2C2H6/c1-4-9(2,3)7-5-6-8-10;2*1-2/h4-8,10H2,1-3H3;2*1-2H3. The second-order valence-corrected chi connectivity index (χ2v) is 3.76. The van der Waals surface area contributed by atoms with E-state index >= 15 is 0 Å². The molecule has 0 saturated carbocycles. The largest absolute Gasteiger partial charge is 0.330 e. The fraction of sp³-hybridized carbons (Fsp3) is 1.00. The first-order chi connectivity index (χ1) is 6.62. The molecule has 0 radical (unpaired) electrons. The number of hydrogen-bond donors (Lipinski definition) is 1. The summed E-state index contributed by atoms with van der Waals surface area (Å²) in [6.07, 6.45) is 5.07. The van der Waals surface area contributed by atoms with Crippen LogP contribution in [0.25, 0.3) is 0 Å². The van der Waals surface area contributed by atoms with Gasteiger partial charge in [-0.25, -0.2) is 0 Å². The van der Waals surface area contributed by atoms with E-state index in [1.807, 2.05) is 27.7 Å². The van der Waals surface area contributed by atoms with Crippen LogP contribution in [-0.2, 0) is 0 Å². The van der Waals surface area contributed by atoms with Gasteiger partial charge in [-0.15, -0.1) is 0 Å². The molecule has 0 saturated heterocycles. The van der Waals surface area contributed by atoms with E-state index in [0.29, 0.717) is 5.41 Å². The van der Waals surface area contributed by atoms with Crippen LogP contribution in [-0.4, -0.2) is 6.54 Å². The molecule has 0 aromatic carbocycles. The summed E-state index contributed by atoms with van der Waals surface area (Å²) in [7, 11) is 0. The van der Waals surface area contributed by atoms with Crippen molar-refractivity contribution in [2.45, 2.75) is 74.1 Å². The molecule has 0 amide bonds. The van der Waals surface area contributed by atoms with E-state index in [9.17, 15) is 0 Å². The summed E-state index contributed by atoms with van der Waals surface area (Å²) in [5, 5.41) is 0. The SMILES string of the molecule is CC.CC.CCC(C)(C)CCCCN. The molecule has 0 aliphatic rings. The van der Waals surface area contributed by atoms with Crippen molar-refractivity contribution in [3.8, 4) is 0 Å². The topological polar surface area (TPSA) is 26.0 Å². The lowest BCUT2D eigenvalue weighted by Gasteiger charge is -2.21. The number of hydrogen-bond acceptors (Lipinski definition) is 1. The van der Waals surface area contributed by atoms with Crippen LogP contribution < -0.4 is 5.73 Å². The first kappa shape index (κ1) is 19.5. The van der Waals surface area contributed by atoms with Gasteiger partial charge < -0.3 is 5.73 Å². The third kappa shape index (κ3) is 17.9. The van der Waals surface area contributed by atoms with Crippen molar-refractivity contribution in [3.05, 3.63) is 0 Å². The van der Waals surface area contributed by atoms with Crippen LogP contribution in [0.4, 0.5) is 0 Å². The maximum Gasteiger partial charge on any atom is -0.00773 e. The zero-order valence-electron chi connectivity index (χ0n) is 11.6. The molecule has 0 heterocycles. The number of nitrogens with two attached hydrogens (primary N) is 1. The normalized spacial score (nSPS) is 9.43. The summed E-state index contributed by atoms with van der Waals surface area (Å²) >= 11 is 0. The molecule has 0 aromatic rings. The quantitative estimate of drug-likeness (QED) is 0.649. The molecule has 0 aromatic heterocycles. The van der Waals surface area contributed by atoms with Crippen LogP contribution >= 0.6 is 0 Å². The lowest BCUT2D eigenvalue weighted by molar-refractivity contribution is 0.310. The highest BCUT2D eigenvalue weighted by atomic mass is 14.5. The summed E-state index contributed by atoms with van der Waals surface area (Å²) in [4.78, 5) is 0. The van der Waals surface area contributed by atoms with E-state index in [0.717, 1.165) is 6.54 Å². The van der Waals surface area contributed by atoms with Crippen LogP contribution in [0.15, 0.2) is 0 Å². The van der Waals surface area contributed by atoms with E-state index in [2.05, 4.69) is 20.8 Å². The third-order valence-electron chi connectivity index (χ3n) is 2.26. The lowest BCUT2D eigenvalue weighted by Crippen LogP contribution is -2.10. The average Bonchev–Trinajstić information content (AvgIpc) is 2.24. The predicted octanol–water partition coefficient (Wildman–Crippen LogP) is 4.60. The van der Waals surface area contributed by atoms with Gasteiger partial charge in [0.1, 0.15) is 0 Å². The van der Waals surface area contributed by atoms with E-state index in [-0.39, 0.29) is 0 Å². The van der Waals surface area contributed by atoms with E-state index in [1.54, 1.807) is 0 Å². The smallest absolute Gasteiger partial charge is 0.00773 e. The molecular weight excluding hydrogens is 170 g/mol.